The number of rotatable bonds is 9. The van der Waals surface area contributed by atoms with Gasteiger partial charge in [0.15, 0.2) is 0 Å². The molecule has 4 nitrogen and oxygen atoms in total. The van der Waals surface area contributed by atoms with Gasteiger partial charge in [0.2, 0.25) is 0 Å². The van der Waals surface area contributed by atoms with Gasteiger partial charge in [-0.15, -0.1) is 0 Å². The molecule has 4 heteroatoms. The quantitative estimate of drug-likeness (QED) is 0.495. The summed E-state index contributed by atoms with van der Waals surface area (Å²) in [5, 5.41) is 0. The molecule has 0 aliphatic carbocycles. The Balaban J connectivity index is 2.12. The van der Waals surface area contributed by atoms with Crippen LogP contribution in [0.15, 0.2) is 0 Å². The third-order valence-electron chi connectivity index (χ3n) is 7.53. The van der Waals surface area contributed by atoms with Gasteiger partial charge in [0.05, 0.1) is 38.6 Å². The van der Waals surface area contributed by atoms with Gasteiger partial charge in [0, 0.05) is 25.6 Å². The lowest BCUT2D eigenvalue weighted by atomic mass is 9.70. The summed E-state index contributed by atoms with van der Waals surface area (Å²) in [6.45, 7) is 22.7. The molecule has 2 saturated heterocycles. The van der Waals surface area contributed by atoms with E-state index >= 15 is 0 Å². The van der Waals surface area contributed by atoms with Gasteiger partial charge in [-0.3, -0.25) is 0 Å². The average Bonchev–Trinajstić information content (AvgIpc) is 2.53. The van der Waals surface area contributed by atoms with Crippen molar-refractivity contribution >= 4 is 0 Å². The highest BCUT2D eigenvalue weighted by atomic mass is 16.5. The van der Waals surface area contributed by atoms with Gasteiger partial charge in [-0.25, -0.2) is 0 Å². The summed E-state index contributed by atoms with van der Waals surface area (Å²) in [4.78, 5) is 0. The minimum Gasteiger partial charge on any atom is -0.384 e. The Morgan fingerprint density at radius 3 is 2.07 bits per heavy atom. The van der Waals surface area contributed by atoms with E-state index in [2.05, 4.69) is 55.4 Å². The lowest BCUT2D eigenvalue weighted by molar-refractivity contribution is -0.156. The predicted molar refractivity (Wildman–Crippen MR) is 119 cm³/mol. The van der Waals surface area contributed by atoms with E-state index in [1.165, 1.54) is 0 Å². The maximum Gasteiger partial charge on any atom is 0.0842 e. The molecule has 0 amide bonds. The second-order valence-corrected chi connectivity index (χ2v) is 12.3. The lowest BCUT2D eigenvalue weighted by Gasteiger charge is -2.46. The van der Waals surface area contributed by atoms with E-state index in [9.17, 15) is 0 Å². The molecule has 4 unspecified atom stereocenters. The van der Waals surface area contributed by atoms with Crippen LogP contribution in [-0.4, -0.2) is 52.4 Å². The fourth-order valence-electron chi connectivity index (χ4n) is 4.53. The minimum atomic E-state index is 0.123. The van der Waals surface area contributed by atoms with Crippen molar-refractivity contribution in [1.29, 1.82) is 0 Å². The summed E-state index contributed by atoms with van der Waals surface area (Å²) >= 11 is 0. The highest BCUT2D eigenvalue weighted by molar-refractivity contribution is 4.91. The van der Waals surface area contributed by atoms with Crippen molar-refractivity contribution < 1.29 is 18.9 Å². The summed E-state index contributed by atoms with van der Waals surface area (Å²) in [7, 11) is 1.79. The molecule has 0 radical (unpaired) electrons. The van der Waals surface area contributed by atoms with E-state index < -0.39 is 0 Å². The van der Waals surface area contributed by atoms with E-state index in [1.54, 1.807) is 7.11 Å². The van der Waals surface area contributed by atoms with E-state index in [0.29, 0.717) is 23.2 Å². The first-order chi connectivity index (χ1) is 13.3. The summed E-state index contributed by atoms with van der Waals surface area (Å²) in [5.74, 6) is 1.67. The Labute approximate surface area is 180 Å². The second-order valence-electron chi connectivity index (χ2n) is 12.3. The third-order valence-corrected chi connectivity index (χ3v) is 7.53. The molecule has 4 atom stereocenters. The van der Waals surface area contributed by atoms with Gasteiger partial charge >= 0.3 is 0 Å². The fourth-order valence-corrected chi connectivity index (χ4v) is 4.53. The van der Waals surface area contributed by atoms with Crippen LogP contribution in [0.4, 0.5) is 0 Å². The molecular weight excluding hydrogens is 364 g/mol. The van der Waals surface area contributed by atoms with Crippen molar-refractivity contribution in [1.82, 2.24) is 0 Å². The molecule has 2 rings (SSSR count). The highest BCUT2D eigenvalue weighted by Gasteiger charge is 2.42. The molecule has 0 aromatic carbocycles. The summed E-state index contributed by atoms with van der Waals surface area (Å²) < 4.78 is 24.0. The van der Waals surface area contributed by atoms with Crippen LogP contribution < -0.4 is 0 Å². The maximum atomic E-state index is 6.69. The van der Waals surface area contributed by atoms with Crippen molar-refractivity contribution in [2.75, 3.05) is 40.1 Å². The molecule has 0 aromatic heterocycles. The fraction of sp³-hybridized carbons (Fsp3) is 1.00. The molecule has 2 aliphatic rings. The SMILES string of the molecule is COCC(COC(CC(C)(C)C1COC1)C1CC(C(C)(C)C)CCO1)C(C)(C)C. The number of hydrogen-bond acceptors (Lipinski definition) is 4. The van der Waals surface area contributed by atoms with Crippen LogP contribution in [0.1, 0.15) is 74.7 Å². The van der Waals surface area contributed by atoms with Crippen molar-refractivity contribution in [2.24, 2.45) is 34.0 Å². The smallest absolute Gasteiger partial charge is 0.0842 e. The number of ether oxygens (including phenoxy) is 4. The summed E-state index contributed by atoms with van der Waals surface area (Å²) in [6.07, 6.45) is 3.57. The van der Waals surface area contributed by atoms with Crippen LogP contribution in [0, 0.1) is 34.0 Å². The minimum absolute atomic E-state index is 0.123. The van der Waals surface area contributed by atoms with E-state index in [4.69, 9.17) is 18.9 Å². The van der Waals surface area contributed by atoms with E-state index in [0.717, 1.165) is 52.3 Å². The highest BCUT2D eigenvalue weighted by Crippen LogP contribution is 2.42. The van der Waals surface area contributed by atoms with Crippen LogP contribution in [0.2, 0.25) is 0 Å². The molecule has 172 valence electrons. The average molecular weight is 413 g/mol. The monoisotopic (exact) mass is 412 g/mol. The first kappa shape index (κ1) is 25.1. The molecule has 0 N–H and O–H groups in total. The van der Waals surface area contributed by atoms with Gasteiger partial charge in [-0.1, -0.05) is 55.4 Å². The molecule has 2 aliphatic heterocycles. The summed E-state index contributed by atoms with van der Waals surface area (Å²) in [6, 6.07) is 0. The predicted octanol–water partition coefficient (Wildman–Crippen LogP) is 5.58. The van der Waals surface area contributed by atoms with Crippen LogP contribution >= 0.6 is 0 Å². The standard InChI is InChI=1S/C25H48O4/c1-23(2,3)18-10-11-28-21(12-18)22(13-25(7,8)20-15-27-16-20)29-17-19(14-26-9)24(4,5)6/h18-22H,10-17H2,1-9H3. The van der Waals surface area contributed by atoms with Crippen LogP contribution in [0.25, 0.3) is 0 Å². The van der Waals surface area contributed by atoms with Gasteiger partial charge in [-0.2, -0.15) is 0 Å². The van der Waals surface area contributed by atoms with Gasteiger partial charge < -0.3 is 18.9 Å². The molecule has 0 aromatic rings. The Kier molecular flexibility index (Phi) is 8.63. The van der Waals surface area contributed by atoms with E-state index in [-0.39, 0.29) is 23.0 Å². The van der Waals surface area contributed by atoms with Crippen LogP contribution in [-0.2, 0) is 18.9 Å². The van der Waals surface area contributed by atoms with Gasteiger partial charge in [0.25, 0.3) is 0 Å². The van der Waals surface area contributed by atoms with Crippen molar-refractivity contribution in [2.45, 2.75) is 86.9 Å². The van der Waals surface area contributed by atoms with Gasteiger partial charge in [0.1, 0.15) is 0 Å². The second kappa shape index (κ2) is 9.97. The normalized spacial score (nSPS) is 26.8. The molecule has 29 heavy (non-hydrogen) atoms. The molecule has 2 heterocycles. The molecular formula is C25H48O4. The first-order valence-corrected chi connectivity index (χ1v) is 11.6. The molecule has 0 bridgehead atoms. The van der Waals surface area contributed by atoms with Crippen molar-refractivity contribution in [3.63, 3.8) is 0 Å². The Morgan fingerprint density at radius 1 is 0.931 bits per heavy atom. The topological polar surface area (TPSA) is 36.9 Å². The number of hydrogen-bond donors (Lipinski definition) is 0. The first-order valence-electron chi connectivity index (χ1n) is 11.6. The lowest BCUT2D eigenvalue weighted by Crippen LogP contribution is -2.47. The van der Waals surface area contributed by atoms with Crippen LogP contribution in [0.5, 0.6) is 0 Å². The molecule has 2 fully saturated rings. The molecule has 0 spiro atoms. The Hall–Kier alpha value is -0.160. The Bertz CT molecular complexity index is 484. The number of methoxy groups -OCH3 is 1. The molecule has 0 saturated carbocycles. The van der Waals surface area contributed by atoms with Crippen molar-refractivity contribution in [3.8, 4) is 0 Å². The van der Waals surface area contributed by atoms with E-state index in [1.807, 2.05) is 0 Å². The largest absolute Gasteiger partial charge is 0.384 e. The zero-order chi connectivity index (χ0) is 21.9. The van der Waals surface area contributed by atoms with Crippen LogP contribution in [0.3, 0.4) is 0 Å². The third kappa shape index (κ3) is 7.19. The Morgan fingerprint density at radius 2 is 1.59 bits per heavy atom. The van der Waals surface area contributed by atoms with Crippen molar-refractivity contribution in [3.05, 3.63) is 0 Å². The summed E-state index contributed by atoms with van der Waals surface area (Å²) in [5.41, 5.74) is 0.659. The zero-order valence-electron chi connectivity index (χ0n) is 20.7. The maximum absolute atomic E-state index is 6.69. The van der Waals surface area contributed by atoms with Gasteiger partial charge in [-0.05, 0) is 41.4 Å². The zero-order valence-corrected chi connectivity index (χ0v) is 20.7.